The number of hydrogen-bond donors (Lipinski definition) is 1. The van der Waals surface area contributed by atoms with Crippen molar-refractivity contribution in [2.75, 3.05) is 0 Å². The van der Waals surface area contributed by atoms with Crippen LogP contribution in [0.4, 0.5) is 5.82 Å². The van der Waals surface area contributed by atoms with E-state index >= 15 is 0 Å². The molecule has 0 saturated carbocycles. The molecule has 0 amide bonds. The number of nitrogens with zero attached hydrogens (tertiary/aromatic N) is 3. The van der Waals surface area contributed by atoms with Gasteiger partial charge in [-0.15, -0.1) is 4.68 Å². The highest BCUT2D eigenvalue weighted by molar-refractivity contribution is 5.66. The number of carboxylic acid groups (broad SMARTS) is 1. The molecule has 1 N–H and O–H groups in total. The van der Waals surface area contributed by atoms with E-state index in [0.717, 1.165) is 0 Å². The van der Waals surface area contributed by atoms with Gasteiger partial charge in [0.1, 0.15) is 6.54 Å². The van der Waals surface area contributed by atoms with Gasteiger partial charge in [-0.05, 0) is 17.3 Å². The summed E-state index contributed by atoms with van der Waals surface area (Å²) in [4.78, 5) is 20.6. The van der Waals surface area contributed by atoms with Crippen molar-refractivity contribution >= 4 is 11.8 Å². The molecule has 0 aromatic carbocycles. The maximum absolute atomic E-state index is 10.8. The lowest BCUT2D eigenvalue weighted by molar-refractivity contribution is -0.392. The minimum Gasteiger partial charge on any atom is -0.481 e. The lowest BCUT2D eigenvalue weighted by Gasteiger charge is -1.98. The predicted octanol–water partition coefficient (Wildman–Crippen LogP) is 1.78. The van der Waals surface area contributed by atoms with Crippen LogP contribution in [0.1, 0.15) is 38.3 Å². The summed E-state index contributed by atoms with van der Waals surface area (Å²) in [5.41, 5.74) is 0.645. The first kappa shape index (κ1) is 13.1. The molecular formula is C10H15N3O4. The van der Waals surface area contributed by atoms with E-state index in [4.69, 9.17) is 5.11 Å². The molecule has 0 atom stereocenters. The summed E-state index contributed by atoms with van der Waals surface area (Å²) in [5.74, 6) is -0.891. The van der Waals surface area contributed by atoms with Crippen LogP contribution in [0.3, 0.4) is 0 Å². The van der Waals surface area contributed by atoms with Crippen LogP contribution in [0.15, 0.2) is 6.07 Å². The molecule has 0 spiro atoms. The largest absolute Gasteiger partial charge is 0.481 e. The molecule has 0 aliphatic carbocycles. The van der Waals surface area contributed by atoms with Crippen molar-refractivity contribution in [3.63, 3.8) is 0 Å². The fourth-order valence-corrected chi connectivity index (χ4v) is 1.40. The van der Waals surface area contributed by atoms with Crippen LogP contribution >= 0.6 is 0 Å². The van der Waals surface area contributed by atoms with Crippen molar-refractivity contribution in [2.24, 2.45) is 0 Å². The molecule has 7 heteroatoms. The summed E-state index contributed by atoms with van der Waals surface area (Å²) < 4.78 is 1.26. The van der Waals surface area contributed by atoms with Gasteiger partial charge < -0.3 is 15.2 Å². The summed E-state index contributed by atoms with van der Waals surface area (Å²) >= 11 is 0. The number of nitro groups is 1. The third-order valence-electron chi connectivity index (χ3n) is 2.32. The monoisotopic (exact) mass is 241 g/mol. The van der Waals surface area contributed by atoms with Gasteiger partial charge in [-0.25, -0.2) is 0 Å². The van der Waals surface area contributed by atoms with E-state index in [1.54, 1.807) is 0 Å². The van der Waals surface area contributed by atoms with E-state index in [2.05, 4.69) is 5.10 Å². The van der Waals surface area contributed by atoms with Gasteiger partial charge in [-0.3, -0.25) is 4.79 Å². The second-order valence-corrected chi connectivity index (χ2v) is 4.06. The molecule has 17 heavy (non-hydrogen) atoms. The summed E-state index contributed by atoms with van der Waals surface area (Å²) in [5, 5.41) is 23.4. The number of carbonyl (C=O) groups is 1. The number of aliphatic carboxylic acids is 1. The Labute approximate surface area is 98.2 Å². The van der Waals surface area contributed by atoms with Gasteiger partial charge in [0, 0.05) is 6.42 Å². The molecule has 1 aromatic heterocycles. The molecule has 1 aromatic rings. The summed E-state index contributed by atoms with van der Waals surface area (Å²) in [7, 11) is 0. The van der Waals surface area contributed by atoms with Crippen LogP contribution in [0, 0.1) is 10.1 Å². The van der Waals surface area contributed by atoms with E-state index in [-0.39, 0.29) is 24.7 Å². The van der Waals surface area contributed by atoms with Crippen molar-refractivity contribution in [3.8, 4) is 0 Å². The van der Waals surface area contributed by atoms with E-state index in [9.17, 15) is 14.9 Å². The molecule has 0 aliphatic rings. The van der Waals surface area contributed by atoms with Crippen LogP contribution in [0.25, 0.3) is 0 Å². The lowest BCUT2D eigenvalue weighted by Crippen LogP contribution is -2.07. The third kappa shape index (κ3) is 3.54. The van der Waals surface area contributed by atoms with E-state index in [1.807, 2.05) is 13.8 Å². The first-order valence-corrected chi connectivity index (χ1v) is 5.35. The number of aryl methyl sites for hydroxylation is 1. The molecule has 0 unspecified atom stereocenters. The smallest absolute Gasteiger partial charge is 0.345 e. The Morgan fingerprint density at radius 3 is 2.76 bits per heavy atom. The van der Waals surface area contributed by atoms with Crippen molar-refractivity contribution < 1.29 is 14.8 Å². The normalized spacial score (nSPS) is 10.8. The maximum atomic E-state index is 10.8. The average Bonchev–Trinajstić information content (AvgIpc) is 2.61. The number of rotatable bonds is 6. The molecule has 0 radical (unpaired) electrons. The van der Waals surface area contributed by atoms with Crippen LogP contribution in [0.5, 0.6) is 0 Å². The van der Waals surface area contributed by atoms with Gasteiger partial charge in [0.25, 0.3) is 0 Å². The average molecular weight is 241 g/mol. The summed E-state index contributed by atoms with van der Waals surface area (Å²) in [6.07, 6.45) is 0.309. The standard InChI is InChI=1S/C10H15N3O4/c1-7(2)8-6-9(13(16)17)12(11-8)5-3-4-10(14)15/h6-7H,3-5H2,1-2H3,(H,14,15). The topological polar surface area (TPSA) is 98.3 Å². The van der Waals surface area contributed by atoms with Gasteiger partial charge in [-0.1, -0.05) is 18.9 Å². The highest BCUT2D eigenvalue weighted by Crippen LogP contribution is 2.20. The highest BCUT2D eigenvalue weighted by atomic mass is 16.6. The first-order valence-electron chi connectivity index (χ1n) is 5.35. The molecule has 94 valence electrons. The third-order valence-corrected chi connectivity index (χ3v) is 2.32. The summed E-state index contributed by atoms with van der Waals surface area (Å²) in [6.45, 7) is 4.04. The molecule has 0 bridgehead atoms. The molecule has 0 fully saturated rings. The highest BCUT2D eigenvalue weighted by Gasteiger charge is 2.19. The second kappa shape index (κ2) is 5.42. The summed E-state index contributed by atoms with van der Waals surface area (Å²) in [6, 6.07) is 1.44. The minimum absolute atomic E-state index is 0.0198. The van der Waals surface area contributed by atoms with Crippen LogP contribution in [-0.4, -0.2) is 25.8 Å². The number of carboxylic acids is 1. The van der Waals surface area contributed by atoms with E-state index in [1.165, 1.54) is 10.7 Å². The van der Waals surface area contributed by atoms with Gasteiger partial charge in [0.2, 0.25) is 0 Å². The molecule has 1 rings (SSSR count). The van der Waals surface area contributed by atoms with Gasteiger partial charge >= 0.3 is 11.8 Å². The number of aromatic nitrogens is 2. The predicted molar refractivity (Wildman–Crippen MR) is 59.8 cm³/mol. The molecule has 0 aliphatic heterocycles. The SMILES string of the molecule is CC(C)c1cc([N+](=O)[O-])n(CCCC(=O)O)n1. The molecular weight excluding hydrogens is 226 g/mol. The fourth-order valence-electron chi connectivity index (χ4n) is 1.40. The Morgan fingerprint density at radius 2 is 2.29 bits per heavy atom. The Kier molecular flexibility index (Phi) is 4.19. The maximum Gasteiger partial charge on any atom is 0.345 e. The zero-order valence-corrected chi connectivity index (χ0v) is 9.79. The quantitative estimate of drug-likeness (QED) is 0.604. The molecule has 0 saturated heterocycles. The molecule has 1 heterocycles. The van der Waals surface area contributed by atoms with Crippen molar-refractivity contribution in [2.45, 2.75) is 39.2 Å². The van der Waals surface area contributed by atoms with Crippen LogP contribution in [-0.2, 0) is 11.3 Å². The minimum atomic E-state index is -0.913. The Balaban J connectivity index is 2.81. The van der Waals surface area contributed by atoms with Crippen LogP contribution < -0.4 is 0 Å². The van der Waals surface area contributed by atoms with Gasteiger partial charge in [0.05, 0.1) is 11.8 Å². The van der Waals surface area contributed by atoms with E-state index in [0.29, 0.717) is 12.1 Å². The zero-order valence-electron chi connectivity index (χ0n) is 9.79. The second-order valence-electron chi connectivity index (χ2n) is 4.06. The van der Waals surface area contributed by atoms with Gasteiger partial charge in [-0.2, -0.15) is 0 Å². The van der Waals surface area contributed by atoms with E-state index < -0.39 is 10.9 Å². The van der Waals surface area contributed by atoms with Crippen molar-refractivity contribution in [3.05, 3.63) is 21.9 Å². The lowest BCUT2D eigenvalue weighted by atomic mass is 10.1. The Hall–Kier alpha value is -1.92. The Morgan fingerprint density at radius 1 is 1.65 bits per heavy atom. The van der Waals surface area contributed by atoms with Crippen molar-refractivity contribution in [1.82, 2.24) is 9.78 Å². The van der Waals surface area contributed by atoms with Gasteiger partial charge in [0.15, 0.2) is 0 Å². The number of hydrogen-bond acceptors (Lipinski definition) is 4. The van der Waals surface area contributed by atoms with Crippen molar-refractivity contribution in [1.29, 1.82) is 0 Å². The molecule has 7 nitrogen and oxygen atoms in total. The zero-order chi connectivity index (χ0) is 13.0. The first-order chi connectivity index (χ1) is 7.91. The van der Waals surface area contributed by atoms with Crippen LogP contribution in [0.2, 0.25) is 0 Å². The Bertz CT molecular complexity index is 425. The fraction of sp³-hybridized carbons (Fsp3) is 0.600.